The number of benzene rings is 2. The SMILES string of the molecule is O=C1CC(c2ccc(OCc3ccccc3C(F)(F)F)c(C(=O)OCCO)c2)c2cn[nH]c2N1. The van der Waals surface area contributed by atoms with Crippen LogP contribution in [0.15, 0.2) is 48.7 Å². The first kappa shape index (κ1) is 23.3. The predicted octanol–water partition coefficient (Wildman–Crippen LogP) is 3.63. The Bertz CT molecular complexity index is 1210. The molecule has 0 saturated carbocycles. The van der Waals surface area contributed by atoms with Gasteiger partial charge in [0.2, 0.25) is 5.91 Å². The average Bonchev–Trinajstić information content (AvgIpc) is 3.28. The molecular formula is C23H20F3N3O5. The van der Waals surface area contributed by atoms with E-state index in [0.717, 1.165) is 11.6 Å². The number of esters is 1. The fourth-order valence-corrected chi connectivity index (χ4v) is 3.79. The Morgan fingerprint density at radius 1 is 1.21 bits per heavy atom. The molecule has 1 aliphatic rings. The lowest BCUT2D eigenvalue weighted by Crippen LogP contribution is -2.23. The fraction of sp³-hybridized carbons (Fsp3) is 0.261. The molecule has 3 aromatic rings. The molecule has 0 saturated heterocycles. The number of nitrogens with zero attached hydrogens (tertiary/aromatic N) is 1. The van der Waals surface area contributed by atoms with E-state index in [1.165, 1.54) is 30.3 Å². The molecule has 1 unspecified atom stereocenters. The molecule has 4 rings (SSSR count). The molecule has 1 aromatic heterocycles. The second kappa shape index (κ2) is 9.56. The van der Waals surface area contributed by atoms with Crippen molar-refractivity contribution in [2.24, 2.45) is 0 Å². The Hall–Kier alpha value is -3.86. The number of rotatable bonds is 7. The third-order valence-corrected chi connectivity index (χ3v) is 5.35. The molecule has 11 heteroatoms. The number of H-pyrrole nitrogens is 1. The molecule has 34 heavy (non-hydrogen) atoms. The van der Waals surface area contributed by atoms with E-state index >= 15 is 0 Å². The molecule has 2 aromatic carbocycles. The summed E-state index contributed by atoms with van der Waals surface area (Å²) in [6.07, 6.45) is -2.88. The van der Waals surface area contributed by atoms with E-state index in [4.69, 9.17) is 14.6 Å². The van der Waals surface area contributed by atoms with E-state index < -0.39 is 36.8 Å². The largest absolute Gasteiger partial charge is 0.488 e. The predicted molar refractivity (Wildman–Crippen MR) is 113 cm³/mol. The van der Waals surface area contributed by atoms with Gasteiger partial charge < -0.3 is 19.9 Å². The highest BCUT2D eigenvalue weighted by Crippen LogP contribution is 2.38. The van der Waals surface area contributed by atoms with Crippen molar-refractivity contribution < 1.29 is 37.3 Å². The molecule has 1 atom stereocenters. The quantitative estimate of drug-likeness (QED) is 0.450. The minimum Gasteiger partial charge on any atom is -0.488 e. The van der Waals surface area contributed by atoms with Gasteiger partial charge in [0.1, 0.15) is 30.3 Å². The highest BCUT2D eigenvalue weighted by molar-refractivity contribution is 5.95. The Morgan fingerprint density at radius 3 is 2.76 bits per heavy atom. The summed E-state index contributed by atoms with van der Waals surface area (Å²) in [6.45, 7) is -1.11. The minimum atomic E-state index is -4.56. The zero-order chi connectivity index (χ0) is 24.3. The van der Waals surface area contributed by atoms with Gasteiger partial charge >= 0.3 is 12.1 Å². The zero-order valence-corrected chi connectivity index (χ0v) is 17.7. The molecular weight excluding hydrogens is 455 g/mol. The van der Waals surface area contributed by atoms with Gasteiger partial charge in [0.25, 0.3) is 0 Å². The van der Waals surface area contributed by atoms with Gasteiger partial charge in [0.05, 0.1) is 18.4 Å². The van der Waals surface area contributed by atoms with Crippen LogP contribution in [0.1, 0.15) is 45.0 Å². The van der Waals surface area contributed by atoms with Crippen LogP contribution in [0.3, 0.4) is 0 Å². The highest BCUT2D eigenvalue weighted by atomic mass is 19.4. The van der Waals surface area contributed by atoms with Gasteiger partial charge in [0.15, 0.2) is 0 Å². The number of aliphatic hydroxyl groups excluding tert-OH is 1. The van der Waals surface area contributed by atoms with Crippen molar-refractivity contribution in [1.82, 2.24) is 10.2 Å². The van der Waals surface area contributed by atoms with Crippen LogP contribution >= 0.6 is 0 Å². The van der Waals surface area contributed by atoms with Crippen molar-refractivity contribution >= 4 is 17.7 Å². The number of hydrogen-bond donors (Lipinski definition) is 3. The molecule has 178 valence electrons. The number of ether oxygens (including phenoxy) is 2. The van der Waals surface area contributed by atoms with E-state index in [-0.39, 0.29) is 35.8 Å². The fourth-order valence-electron chi connectivity index (χ4n) is 3.79. The summed E-state index contributed by atoms with van der Waals surface area (Å²) in [6, 6.07) is 9.55. The number of carbonyl (C=O) groups excluding carboxylic acids is 2. The molecule has 8 nitrogen and oxygen atoms in total. The maximum atomic E-state index is 13.3. The molecule has 0 bridgehead atoms. The van der Waals surface area contributed by atoms with Gasteiger partial charge in [-0.3, -0.25) is 9.89 Å². The number of alkyl halides is 3. The van der Waals surface area contributed by atoms with E-state index in [2.05, 4.69) is 15.5 Å². The number of anilines is 1. The van der Waals surface area contributed by atoms with Crippen molar-refractivity contribution in [2.45, 2.75) is 25.1 Å². The molecule has 1 aliphatic heterocycles. The van der Waals surface area contributed by atoms with Gasteiger partial charge in [-0.05, 0) is 23.8 Å². The highest BCUT2D eigenvalue weighted by Gasteiger charge is 2.33. The average molecular weight is 475 g/mol. The van der Waals surface area contributed by atoms with Crippen LogP contribution < -0.4 is 10.1 Å². The summed E-state index contributed by atoms with van der Waals surface area (Å²) in [5.74, 6) is -1.00. The zero-order valence-electron chi connectivity index (χ0n) is 17.7. The summed E-state index contributed by atoms with van der Waals surface area (Å²) in [5, 5.41) is 18.3. The first-order chi connectivity index (χ1) is 16.3. The van der Waals surface area contributed by atoms with Crippen LogP contribution in [0.4, 0.5) is 19.0 Å². The standard InChI is InChI=1S/C23H20F3N3O5/c24-23(25,26)18-4-2-1-3-14(18)12-34-19-6-5-13(9-16(19)22(32)33-8-7-30)15-10-20(31)28-21-17(15)11-27-29-21/h1-6,9,11,15,30H,7-8,10,12H2,(H2,27,28,29,31). The molecule has 1 amide bonds. The number of amides is 1. The number of hydrogen-bond acceptors (Lipinski definition) is 6. The second-order valence-electron chi connectivity index (χ2n) is 7.56. The third-order valence-electron chi connectivity index (χ3n) is 5.35. The monoisotopic (exact) mass is 475 g/mol. The van der Waals surface area contributed by atoms with Crippen molar-refractivity contribution in [2.75, 3.05) is 18.5 Å². The molecule has 0 fully saturated rings. The van der Waals surface area contributed by atoms with Gasteiger partial charge in [-0.1, -0.05) is 24.3 Å². The summed E-state index contributed by atoms with van der Waals surface area (Å²) in [4.78, 5) is 24.8. The van der Waals surface area contributed by atoms with Crippen LogP contribution in [0.2, 0.25) is 0 Å². The van der Waals surface area contributed by atoms with Gasteiger partial charge in [-0.25, -0.2) is 4.79 Å². The van der Waals surface area contributed by atoms with Gasteiger partial charge in [-0.2, -0.15) is 18.3 Å². The van der Waals surface area contributed by atoms with Crippen molar-refractivity contribution in [1.29, 1.82) is 0 Å². The van der Waals surface area contributed by atoms with E-state index in [1.54, 1.807) is 12.3 Å². The normalized spacial score (nSPS) is 15.4. The molecule has 0 aliphatic carbocycles. The Kier molecular flexibility index (Phi) is 6.55. The summed E-state index contributed by atoms with van der Waals surface area (Å²) >= 11 is 0. The summed E-state index contributed by atoms with van der Waals surface area (Å²) < 4.78 is 50.6. The third kappa shape index (κ3) is 4.88. The van der Waals surface area contributed by atoms with Crippen LogP contribution in [0.5, 0.6) is 5.75 Å². The molecule has 0 spiro atoms. The number of aromatic amines is 1. The van der Waals surface area contributed by atoms with E-state index in [0.29, 0.717) is 11.4 Å². The van der Waals surface area contributed by atoms with Crippen molar-refractivity contribution in [3.05, 3.63) is 76.5 Å². The lowest BCUT2D eigenvalue weighted by molar-refractivity contribution is -0.138. The maximum absolute atomic E-state index is 13.3. The van der Waals surface area contributed by atoms with E-state index in [1.807, 2.05) is 0 Å². The number of aromatic nitrogens is 2. The van der Waals surface area contributed by atoms with Crippen LogP contribution in [-0.4, -0.2) is 40.4 Å². The lowest BCUT2D eigenvalue weighted by atomic mass is 9.86. The number of carbonyl (C=O) groups is 2. The smallest absolute Gasteiger partial charge is 0.416 e. The molecule has 2 heterocycles. The molecule has 0 radical (unpaired) electrons. The minimum absolute atomic E-state index is 0.0105. The topological polar surface area (TPSA) is 114 Å². The molecule has 3 N–H and O–H groups in total. The number of aliphatic hydroxyl groups is 1. The Labute approximate surface area is 191 Å². The first-order valence-electron chi connectivity index (χ1n) is 10.3. The van der Waals surface area contributed by atoms with E-state index in [9.17, 15) is 22.8 Å². The summed E-state index contributed by atoms with van der Waals surface area (Å²) in [5.41, 5.74) is 0.350. The number of nitrogens with one attached hydrogen (secondary N) is 2. The lowest BCUT2D eigenvalue weighted by Gasteiger charge is -2.23. The van der Waals surface area contributed by atoms with Crippen molar-refractivity contribution in [3.63, 3.8) is 0 Å². The van der Waals surface area contributed by atoms with Crippen molar-refractivity contribution in [3.8, 4) is 5.75 Å². The van der Waals surface area contributed by atoms with Gasteiger partial charge in [0, 0.05) is 23.5 Å². The Balaban J connectivity index is 1.66. The van der Waals surface area contributed by atoms with Crippen LogP contribution in [0.25, 0.3) is 0 Å². The van der Waals surface area contributed by atoms with Crippen LogP contribution in [-0.2, 0) is 22.3 Å². The number of halogens is 3. The maximum Gasteiger partial charge on any atom is 0.416 e. The van der Waals surface area contributed by atoms with Crippen LogP contribution in [0, 0.1) is 0 Å². The summed E-state index contributed by atoms with van der Waals surface area (Å²) in [7, 11) is 0. The van der Waals surface area contributed by atoms with Gasteiger partial charge in [-0.15, -0.1) is 0 Å². The first-order valence-corrected chi connectivity index (χ1v) is 10.3. The number of fused-ring (bicyclic) bond motifs is 1. The Morgan fingerprint density at radius 2 is 2.00 bits per heavy atom. The second-order valence-corrected chi connectivity index (χ2v) is 7.56.